The van der Waals surface area contributed by atoms with E-state index in [1.54, 1.807) is 33.4 Å². The van der Waals surface area contributed by atoms with Gasteiger partial charge in [0.15, 0.2) is 5.82 Å². The fourth-order valence-corrected chi connectivity index (χ4v) is 1.96. The molecule has 2 rings (SSSR count). The van der Waals surface area contributed by atoms with Crippen LogP contribution in [0.15, 0.2) is 24.4 Å². The van der Waals surface area contributed by atoms with E-state index < -0.39 is 6.10 Å². The van der Waals surface area contributed by atoms with Crippen LogP contribution in [0.4, 0.5) is 0 Å². The summed E-state index contributed by atoms with van der Waals surface area (Å²) in [7, 11) is 3.20. The normalized spacial score (nSPS) is 12.1. The number of aliphatic hydroxyl groups is 1. The van der Waals surface area contributed by atoms with Gasteiger partial charge in [0.05, 0.1) is 20.3 Å². The highest BCUT2D eigenvalue weighted by Gasteiger charge is 2.11. The van der Waals surface area contributed by atoms with Gasteiger partial charge in [-0.3, -0.25) is 0 Å². The summed E-state index contributed by atoms with van der Waals surface area (Å²) < 4.78 is 10.5. The van der Waals surface area contributed by atoms with E-state index >= 15 is 0 Å². The molecular formula is C15H18N2O3. The Morgan fingerprint density at radius 3 is 2.15 bits per heavy atom. The Bertz CT molecular complexity index is 590. The number of hydrogen-bond acceptors (Lipinski definition) is 5. The quantitative estimate of drug-likeness (QED) is 0.928. The predicted molar refractivity (Wildman–Crippen MR) is 75.9 cm³/mol. The van der Waals surface area contributed by atoms with Gasteiger partial charge in [-0.2, -0.15) is 0 Å². The second kappa shape index (κ2) is 5.88. The highest BCUT2D eigenvalue weighted by atomic mass is 16.5. The molecule has 5 heteroatoms. The van der Waals surface area contributed by atoms with Crippen LogP contribution in [0.1, 0.15) is 24.3 Å². The lowest BCUT2D eigenvalue weighted by Crippen LogP contribution is -2.01. The highest BCUT2D eigenvalue weighted by molar-refractivity contribution is 5.61. The zero-order valence-corrected chi connectivity index (χ0v) is 12.0. The number of aromatic nitrogens is 2. The molecule has 0 bridgehead atoms. The summed E-state index contributed by atoms with van der Waals surface area (Å²) in [5.74, 6) is 1.93. The molecule has 2 aromatic rings. The standard InChI is InChI=1S/C15H18N2O3/c1-9-14(10(2)18)8-16-15(17-9)11-5-12(19-3)7-13(6-11)20-4/h5-8,10,18H,1-4H3. The molecule has 1 heterocycles. The molecule has 0 saturated carbocycles. The van der Waals surface area contributed by atoms with Crippen LogP contribution in [0, 0.1) is 6.92 Å². The number of benzene rings is 1. The van der Waals surface area contributed by atoms with E-state index in [9.17, 15) is 5.11 Å². The Morgan fingerprint density at radius 2 is 1.70 bits per heavy atom. The van der Waals surface area contributed by atoms with Crippen LogP contribution in [-0.2, 0) is 0 Å². The zero-order chi connectivity index (χ0) is 14.7. The largest absolute Gasteiger partial charge is 0.497 e. The molecule has 0 saturated heterocycles. The molecule has 106 valence electrons. The molecule has 0 amide bonds. The first-order chi connectivity index (χ1) is 9.55. The Kier molecular flexibility index (Phi) is 4.20. The third kappa shape index (κ3) is 2.88. The van der Waals surface area contributed by atoms with Gasteiger partial charge in [-0.25, -0.2) is 9.97 Å². The number of hydrogen-bond donors (Lipinski definition) is 1. The van der Waals surface area contributed by atoms with Crippen molar-refractivity contribution >= 4 is 0 Å². The van der Waals surface area contributed by atoms with E-state index in [4.69, 9.17) is 9.47 Å². The van der Waals surface area contributed by atoms with Crippen molar-refractivity contribution in [2.45, 2.75) is 20.0 Å². The summed E-state index contributed by atoms with van der Waals surface area (Å²) in [5.41, 5.74) is 2.29. The molecule has 0 radical (unpaired) electrons. The molecule has 0 spiro atoms. The van der Waals surface area contributed by atoms with Crippen molar-refractivity contribution in [2.75, 3.05) is 14.2 Å². The Labute approximate surface area is 118 Å². The molecule has 5 nitrogen and oxygen atoms in total. The SMILES string of the molecule is COc1cc(OC)cc(-c2ncc(C(C)O)c(C)n2)c1. The van der Waals surface area contributed by atoms with Crippen LogP contribution in [0.25, 0.3) is 11.4 Å². The fourth-order valence-electron chi connectivity index (χ4n) is 1.96. The van der Waals surface area contributed by atoms with Crippen LogP contribution >= 0.6 is 0 Å². The van der Waals surface area contributed by atoms with Crippen molar-refractivity contribution in [3.8, 4) is 22.9 Å². The first kappa shape index (κ1) is 14.3. The second-order valence-corrected chi connectivity index (χ2v) is 4.51. The van der Waals surface area contributed by atoms with E-state index in [-0.39, 0.29) is 0 Å². The number of nitrogens with zero attached hydrogens (tertiary/aromatic N) is 2. The van der Waals surface area contributed by atoms with Crippen LogP contribution in [-0.4, -0.2) is 29.3 Å². The molecule has 1 unspecified atom stereocenters. The lowest BCUT2D eigenvalue weighted by Gasteiger charge is -2.11. The Morgan fingerprint density at radius 1 is 1.10 bits per heavy atom. The van der Waals surface area contributed by atoms with Crippen molar-refractivity contribution in [3.63, 3.8) is 0 Å². The molecule has 20 heavy (non-hydrogen) atoms. The van der Waals surface area contributed by atoms with Gasteiger partial charge in [0.1, 0.15) is 11.5 Å². The van der Waals surface area contributed by atoms with Crippen molar-refractivity contribution in [1.29, 1.82) is 0 Å². The Hall–Kier alpha value is -2.14. The van der Waals surface area contributed by atoms with Crippen LogP contribution in [0.5, 0.6) is 11.5 Å². The number of methoxy groups -OCH3 is 2. The maximum absolute atomic E-state index is 9.61. The average molecular weight is 274 g/mol. The summed E-state index contributed by atoms with van der Waals surface area (Å²) in [6, 6.07) is 5.49. The first-order valence-electron chi connectivity index (χ1n) is 6.30. The molecule has 0 aliphatic heterocycles. The predicted octanol–water partition coefficient (Wildman–Crippen LogP) is 2.52. The van der Waals surface area contributed by atoms with Crippen molar-refractivity contribution in [1.82, 2.24) is 9.97 Å². The third-order valence-electron chi connectivity index (χ3n) is 3.08. The number of rotatable bonds is 4. The average Bonchev–Trinajstić information content (AvgIpc) is 2.46. The summed E-state index contributed by atoms with van der Waals surface area (Å²) in [4.78, 5) is 8.73. The molecule has 1 N–H and O–H groups in total. The molecule has 1 aromatic carbocycles. The van der Waals surface area contributed by atoms with E-state index in [0.29, 0.717) is 17.3 Å². The molecule has 1 aromatic heterocycles. The Balaban J connectivity index is 2.48. The molecule has 0 aliphatic carbocycles. The monoisotopic (exact) mass is 274 g/mol. The fraction of sp³-hybridized carbons (Fsp3) is 0.333. The summed E-state index contributed by atoms with van der Waals surface area (Å²) >= 11 is 0. The molecule has 1 atom stereocenters. The van der Waals surface area contributed by atoms with Gasteiger partial charge in [0, 0.05) is 29.1 Å². The van der Waals surface area contributed by atoms with Gasteiger partial charge in [0.25, 0.3) is 0 Å². The lowest BCUT2D eigenvalue weighted by atomic mass is 10.1. The van der Waals surface area contributed by atoms with Gasteiger partial charge < -0.3 is 14.6 Å². The van der Waals surface area contributed by atoms with Gasteiger partial charge in [-0.1, -0.05) is 0 Å². The molecular weight excluding hydrogens is 256 g/mol. The van der Waals surface area contributed by atoms with E-state index in [2.05, 4.69) is 9.97 Å². The number of aryl methyl sites for hydroxylation is 1. The van der Waals surface area contributed by atoms with Crippen LogP contribution in [0.2, 0.25) is 0 Å². The molecule has 0 fully saturated rings. The summed E-state index contributed by atoms with van der Waals surface area (Å²) in [5, 5.41) is 9.61. The van der Waals surface area contributed by atoms with E-state index in [1.165, 1.54) is 0 Å². The third-order valence-corrected chi connectivity index (χ3v) is 3.08. The minimum absolute atomic E-state index is 0.573. The highest BCUT2D eigenvalue weighted by Crippen LogP contribution is 2.28. The van der Waals surface area contributed by atoms with Crippen molar-refractivity contribution < 1.29 is 14.6 Å². The summed E-state index contributed by atoms with van der Waals surface area (Å²) in [6.07, 6.45) is 1.07. The summed E-state index contributed by atoms with van der Waals surface area (Å²) in [6.45, 7) is 3.55. The topological polar surface area (TPSA) is 64.5 Å². The molecule has 0 aliphatic rings. The minimum Gasteiger partial charge on any atom is -0.497 e. The maximum Gasteiger partial charge on any atom is 0.159 e. The van der Waals surface area contributed by atoms with Gasteiger partial charge in [-0.15, -0.1) is 0 Å². The maximum atomic E-state index is 9.61. The van der Waals surface area contributed by atoms with Crippen molar-refractivity contribution in [3.05, 3.63) is 35.7 Å². The van der Waals surface area contributed by atoms with E-state index in [1.807, 2.05) is 19.1 Å². The van der Waals surface area contributed by atoms with Gasteiger partial charge >= 0.3 is 0 Å². The first-order valence-corrected chi connectivity index (χ1v) is 6.30. The smallest absolute Gasteiger partial charge is 0.159 e. The van der Waals surface area contributed by atoms with Crippen LogP contribution < -0.4 is 9.47 Å². The zero-order valence-electron chi connectivity index (χ0n) is 12.0. The minimum atomic E-state index is -0.580. The van der Waals surface area contributed by atoms with Gasteiger partial charge in [-0.05, 0) is 26.0 Å². The van der Waals surface area contributed by atoms with Crippen LogP contribution in [0.3, 0.4) is 0 Å². The number of ether oxygens (including phenoxy) is 2. The van der Waals surface area contributed by atoms with E-state index in [0.717, 1.165) is 16.8 Å². The van der Waals surface area contributed by atoms with Gasteiger partial charge in [0.2, 0.25) is 0 Å². The number of aliphatic hydroxyl groups excluding tert-OH is 1. The second-order valence-electron chi connectivity index (χ2n) is 4.51. The lowest BCUT2D eigenvalue weighted by molar-refractivity contribution is 0.197. The van der Waals surface area contributed by atoms with Crippen molar-refractivity contribution in [2.24, 2.45) is 0 Å².